The van der Waals surface area contributed by atoms with Crippen LogP contribution in [0.3, 0.4) is 0 Å². The van der Waals surface area contributed by atoms with E-state index in [1.807, 2.05) is 4.90 Å². The highest BCUT2D eigenvalue weighted by Crippen LogP contribution is 2.38. The second kappa shape index (κ2) is 13.8. The quantitative estimate of drug-likeness (QED) is 0.268. The van der Waals surface area contributed by atoms with E-state index in [0.717, 1.165) is 0 Å². The van der Waals surface area contributed by atoms with Gasteiger partial charge in [0.1, 0.15) is 35.7 Å². The third-order valence-electron chi connectivity index (χ3n) is 8.26. The Labute approximate surface area is 258 Å². The number of aromatic nitrogens is 1. The third kappa shape index (κ3) is 7.45. The van der Waals surface area contributed by atoms with Crippen LogP contribution in [0.4, 0.5) is 5.69 Å². The summed E-state index contributed by atoms with van der Waals surface area (Å²) in [6, 6.07) is 7.71. The van der Waals surface area contributed by atoms with Gasteiger partial charge in [-0.05, 0) is 44.5 Å². The lowest BCUT2D eigenvalue weighted by Crippen LogP contribution is -2.47. The summed E-state index contributed by atoms with van der Waals surface area (Å²) in [4.78, 5) is 6.54. The Kier molecular flexibility index (Phi) is 10.3. The summed E-state index contributed by atoms with van der Waals surface area (Å²) >= 11 is 0. The van der Waals surface area contributed by atoms with E-state index in [1.54, 1.807) is 25.3 Å². The molecule has 1 aromatic heterocycles. The molecule has 1 aromatic carbocycles. The molecule has 2 fully saturated rings. The van der Waals surface area contributed by atoms with Crippen LogP contribution in [0.5, 0.6) is 11.6 Å². The number of benzene rings is 1. The molecular weight excluding hydrogens is 614 g/mol. The molecule has 2 saturated heterocycles. The van der Waals surface area contributed by atoms with Gasteiger partial charge in [0.05, 0.1) is 36.5 Å². The first-order valence-corrected chi connectivity index (χ1v) is 17.6. The Morgan fingerprint density at radius 2 is 1.95 bits per heavy atom. The van der Waals surface area contributed by atoms with Crippen LogP contribution in [-0.4, -0.2) is 122 Å². The minimum absolute atomic E-state index is 0.000152. The Hall–Kier alpha value is -2.57. The molecule has 2 atom stereocenters. The molecule has 2 aromatic rings. The standard InChI is InChI=1S/C28H41N5O9S2/c1-29-43(35,36)24-5-3-4-23(14-24)41-20-22(34)17-30-21-16-28(42-19-21)6-8-33(9-7-28)44(37,38)25-15-26-27(31-18-25)40-13-11-32(26)10-12-39-2/h3-5,14-15,18,21-22,29-30,34H,6-13,16-17,19-20H2,1-2H3/t21-,22?/m1/s1. The number of anilines is 1. The highest BCUT2D eigenvalue weighted by atomic mass is 32.2. The number of ether oxygens (including phenoxy) is 4. The number of aliphatic hydroxyl groups excluding tert-OH is 1. The Bertz CT molecular complexity index is 1500. The van der Waals surface area contributed by atoms with E-state index in [1.165, 1.54) is 29.7 Å². The molecule has 3 aliphatic rings. The van der Waals surface area contributed by atoms with Crippen molar-refractivity contribution in [2.75, 3.05) is 78.2 Å². The molecule has 0 saturated carbocycles. The van der Waals surface area contributed by atoms with E-state index in [2.05, 4.69) is 15.0 Å². The minimum Gasteiger partial charge on any atom is -0.491 e. The van der Waals surface area contributed by atoms with Crippen LogP contribution in [0.25, 0.3) is 0 Å². The molecule has 3 N–H and O–H groups in total. The van der Waals surface area contributed by atoms with Crippen LogP contribution in [0.2, 0.25) is 0 Å². The highest BCUT2D eigenvalue weighted by molar-refractivity contribution is 7.89. The number of pyridine rings is 1. The number of piperidine rings is 1. The normalized spacial score (nSPS) is 21.2. The average Bonchev–Trinajstić information content (AvgIpc) is 3.43. The maximum absolute atomic E-state index is 13.6. The molecule has 0 aliphatic carbocycles. The van der Waals surface area contributed by atoms with Crippen LogP contribution >= 0.6 is 0 Å². The van der Waals surface area contributed by atoms with Gasteiger partial charge in [-0.3, -0.25) is 0 Å². The zero-order valence-corrected chi connectivity index (χ0v) is 26.6. The van der Waals surface area contributed by atoms with Gasteiger partial charge in [0.2, 0.25) is 25.9 Å². The summed E-state index contributed by atoms with van der Waals surface area (Å²) in [7, 11) is -4.39. The lowest BCUT2D eigenvalue weighted by Gasteiger charge is -2.38. The van der Waals surface area contributed by atoms with E-state index in [-0.39, 0.29) is 29.0 Å². The van der Waals surface area contributed by atoms with Crippen molar-refractivity contribution in [2.45, 2.75) is 46.8 Å². The van der Waals surface area contributed by atoms with Gasteiger partial charge in [-0.1, -0.05) is 6.07 Å². The average molecular weight is 656 g/mol. The van der Waals surface area contributed by atoms with Crippen molar-refractivity contribution in [2.24, 2.45) is 0 Å². The summed E-state index contributed by atoms with van der Waals surface area (Å²) in [5.74, 6) is 0.765. The molecule has 3 aliphatic heterocycles. The van der Waals surface area contributed by atoms with Gasteiger partial charge in [0.15, 0.2) is 0 Å². The predicted octanol–water partition coefficient (Wildman–Crippen LogP) is 0.177. The zero-order valence-electron chi connectivity index (χ0n) is 25.0. The lowest BCUT2D eigenvalue weighted by atomic mass is 9.88. The summed E-state index contributed by atoms with van der Waals surface area (Å²) < 4.78 is 77.5. The molecule has 4 heterocycles. The number of methoxy groups -OCH3 is 1. The molecule has 1 spiro atoms. The Morgan fingerprint density at radius 1 is 1.16 bits per heavy atom. The maximum atomic E-state index is 13.6. The van der Waals surface area contributed by atoms with Crippen molar-refractivity contribution in [3.63, 3.8) is 0 Å². The first-order chi connectivity index (χ1) is 21.0. The van der Waals surface area contributed by atoms with Crippen LogP contribution in [0, 0.1) is 0 Å². The fourth-order valence-corrected chi connectivity index (χ4v) is 7.89. The molecule has 0 radical (unpaired) electrons. The largest absolute Gasteiger partial charge is 0.491 e. The number of sulfonamides is 2. The van der Waals surface area contributed by atoms with Crippen LogP contribution in [0.15, 0.2) is 46.3 Å². The number of fused-ring (bicyclic) bond motifs is 1. The highest BCUT2D eigenvalue weighted by Gasteiger charge is 2.45. The number of nitrogens with one attached hydrogen (secondary N) is 2. The monoisotopic (exact) mass is 655 g/mol. The van der Waals surface area contributed by atoms with E-state index in [9.17, 15) is 21.9 Å². The fraction of sp³-hybridized carbons (Fsp3) is 0.607. The Balaban J connectivity index is 1.10. The number of hydrogen-bond acceptors (Lipinski definition) is 12. The van der Waals surface area contributed by atoms with Crippen molar-refractivity contribution in [3.05, 3.63) is 36.5 Å². The van der Waals surface area contributed by atoms with Crippen LogP contribution < -0.4 is 24.4 Å². The second-order valence-corrected chi connectivity index (χ2v) is 15.0. The van der Waals surface area contributed by atoms with Crippen molar-refractivity contribution < 1.29 is 40.9 Å². The van der Waals surface area contributed by atoms with Gasteiger partial charge >= 0.3 is 0 Å². The molecule has 1 unspecified atom stereocenters. The third-order valence-corrected chi connectivity index (χ3v) is 11.5. The molecule has 44 heavy (non-hydrogen) atoms. The van der Waals surface area contributed by atoms with Crippen molar-refractivity contribution in [1.82, 2.24) is 19.3 Å². The summed E-state index contributed by atoms with van der Waals surface area (Å²) in [6.07, 6.45) is 2.35. The van der Waals surface area contributed by atoms with E-state index < -0.39 is 31.8 Å². The lowest BCUT2D eigenvalue weighted by molar-refractivity contribution is -0.0312. The van der Waals surface area contributed by atoms with Gasteiger partial charge in [0.25, 0.3) is 0 Å². The van der Waals surface area contributed by atoms with E-state index in [0.29, 0.717) is 82.6 Å². The molecule has 16 heteroatoms. The zero-order chi connectivity index (χ0) is 31.4. The van der Waals surface area contributed by atoms with Gasteiger partial charge < -0.3 is 34.3 Å². The molecule has 0 amide bonds. The summed E-state index contributed by atoms with van der Waals surface area (Å²) in [6.45, 7) is 3.57. The first-order valence-electron chi connectivity index (χ1n) is 14.6. The minimum atomic E-state index is -3.76. The van der Waals surface area contributed by atoms with E-state index >= 15 is 0 Å². The van der Waals surface area contributed by atoms with Crippen LogP contribution in [0.1, 0.15) is 19.3 Å². The van der Waals surface area contributed by atoms with Crippen molar-refractivity contribution >= 4 is 25.7 Å². The molecule has 0 bridgehead atoms. The topological polar surface area (TPSA) is 169 Å². The van der Waals surface area contributed by atoms with Gasteiger partial charge in [0, 0.05) is 45.4 Å². The molecule has 5 rings (SSSR count). The fourth-order valence-electron chi connectivity index (χ4n) is 5.72. The summed E-state index contributed by atoms with van der Waals surface area (Å²) in [5.41, 5.74) is 0.224. The van der Waals surface area contributed by atoms with Crippen molar-refractivity contribution in [1.29, 1.82) is 0 Å². The number of nitrogens with zero attached hydrogens (tertiary/aromatic N) is 3. The smallest absolute Gasteiger partial charge is 0.244 e. The summed E-state index contributed by atoms with van der Waals surface area (Å²) in [5, 5.41) is 13.8. The molecular formula is C28H41N5O9S2. The predicted molar refractivity (Wildman–Crippen MR) is 161 cm³/mol. The number of aliphatic hydroxyl groups is 1. The SMILES string of the molecule is CNS(=O)(=O)c1cccc(OCC(O)CN[C@H]2COC3(CCN(S(=O)(=O)c4cnc5c(c4)N(CCOC)CCO5)CC3)C2)c1. The Morgan fingerprint density at radius 3 is 2.70 bits per heavy atom. The number of hydrogen-bond donors (Lipinski definition) is 3. The second-order valence-electron chi connectivity index (χ2n) is 11.2. The maximum Gasteiger partial charge on any atom is 0.244 e. The number of rotatable bonds is 13. The van der Waals surface area contributed by atoms with Gasteiger partial charge in [-0.2, -0.15) is 4.31 Å². The molecule has 14 nitrogen and oxygen atoms in total. The van der Waals surface area contributed by atoms with Gasteiger partial charge in [-0.25, -0.2) is 26.5 Å². The molecule has 244 valence electrons. The van der Waals surface area contributed by atoms with Gasteiger partial charge in [-0.15, -0.1) is 0 Å². The van der Waals surface area contributed by atoms with E-state index in [4.69, 9.17) is 18.9 Å². The first kappa shape index (κ1) is 32.8. The van der Waals surface area contributed by atoms with Crippen LogP contribution in [-0.2, 0) is 29.5 Å². The van der Waals surface area contributed by atoms with Crippen molar-refractivity contribution in [3.8, 4) is 11.6 Å².